The Labute approximate surface area is 111 Å². The van der Waals surface area contributed by atoms with E-state index in [1.54, 1.807) is 6.07 Å². The van der Waals surface area contributed by atoms with E-state index in [0.717, 1.165) is 23.6 Å². The fourth-order valence-electron chi connectivity index (χ4n) is 1.94. The topological polar surface area (TPSA) is 61.4 Å². The van der Waals surface area contributed by atoms with E-state index in [4.69, 9.17) is 0 Å². The third-order valence-electron chi connectivity index (χ3n) is 2.94. The lowest BCUT2D eigenvalue weighted by Crippen LogP contribution is -2.39. The van der Waals surface area contributed by atoms with E-state index in [2.05, 4.69) is 10.6 Å². The zero-order chi connectivity index (χ0) is 13.0. The van der Waals surface area contributed by atoms with Crippen molar-refractivity contribution in [3.63, 3.8) is 0 Å². The summed E-state index contributed by atoms with van der Waals surface area (Å²) in [6.45, 7) is 2.77. The average molecular weight is 266 g/mol. The fraction of sp³-hybridized carbons (Fsp3) is 0.462. The van der Waals surface area contributed by atoms with Gasteiger partial charge in [-0.1, -0.05) is 12.1 Å². The quantitative estimate of drug-likeness (QED) is 0.729. The Balaban J connectivity index is 1.92. The van der Waals surface area contributed by atoms with Gasteiger partial charge < -0.3 is 15.7 Å². The number of amides is 1. The Kier molecular flexibility index (Phi) is 4.49. The molecule has 1 saturated heterocycles. The lowest BCUT2D eigenvalue weighted by Gasteiger charge is -2.22. The molecule has 1 aliphatic heterocycles. The number of anilines is 1. The SMILES string of the molecule is Cc1cccc(NC(=O)CC2CSCCN2)c1O. The summed E-state index contributed by atoms with van der Waals surface area (Å²) in [6.07, 6.45) is 0.445. The van der Waals surface area contributed by atoms with Crippen LogP contribution in [0.2, 0.25) is 0 Å². The highest BCUT2D eigenvalue weighted by Gasteiger charge is 2.17. The average Bonchev–Trinajstić information content (AvgIpc) is 2.36. The first kappa shape index (κ1) is 13.2. The number of para-hydroxylation sites is 1. The van der Waals surface area contributed by atoms with E-state index >= 15 is 0 Å². The van der Waals surface area contributed by atoms with E-state index < -0.39 is 0 Å². The molecule has 0 bridgehead atoms. The molecule has 4 nitrogen and oxygen atoms in total. The Bertz CT molecular complexity index is 431. The van der Waals surface area contributed by atoms with Gasteiger partial charge in [0.05, 0.1) is 5.69 Å². The Morgan fingerprint density at radius 2 is 2.44 bits per heavy atom. The standard InChI is InChI=1S/C13H18N2O2S/c1-9-3-2-4-11(13(9)17)15-12(16)7-10-8-18-6-5-14-10/h2-4,10,14,17H,5-8H2,1H3,(H,15,16). The van der Waals surface area contributed by atoms with Crippen molar-refractivity contribution in [3.05, 3.63) is 23.8 Å². The minimum atomic E-state index is -0.0594. The molecule has 0 radical (unpaired) electrons. The summed E-state index contributed by atoms with van der Waals surface area (Å²) in [5, 5.41) is 15.9. The summed E-state index contributed by atoms with van der Waals surface area (Å²) < 4.78 is 0. The van der Waals surface area contributed by atoms with Gasteiger partial charge in [-0.2, -0.15) is 11.8 Å². The molecule has 1 unspecified atom stereocenters. The molecule has 1 atom stereocenters. The highest BCUT2D eigenvalue weighted by atomic mass is 32.2. The van der Waals surface area contributed by atoms with Crippen LogP contribution < -0.4 is 10.6 Å². The first-order valence-electron chi connectivity index (χ1n) is 6.06. The molecule has 1 aliphatic rings. The second-order valence-corrected chi connectivity index (χ2v) is 5.60. The molecular weight excluding hydrogens is 248 g/mol. The molecule has 1 amide bonds. The number of nitrogens with one attached hydrogen (secondary N) is 2. The molecule has 0 aliphatic carbocycles. The number of rotatable bonds is 3. The lowest BCUT2D eigenvalue weighted by atomic mass is 10.1. The number of hydrogen-bond acceptors (Lipinski definition) is 4. The predicted octanol–water partition coefficient (Wildman–Crippen LogP) is 1.73. The largest absolute Gasteiger partial charge is 0.505 e. The van der Waals surface area contributed by atoms with Gasteiger partial charge in [-0.05, 0) is 18.6 Å². The number of aryl methyl sites for hydroxylation is 1. The third kappa shape index (κ3) is 3.40. The molecule has 18 heavy (non-hydrogen) atoms. The summed E-state index contributed by atoms with van der Waals surface area (Å²) in [5.41, 5.74) is 1.25. The zero-order valence-electron chi connectivity index (χ0n) is 10.4. The van der Waals surface area contributed by atoms with Gasteiger partial charge in [0, 0.05) is 30.5 Å². The number of aromatic hydroxyl groups is 1. The van der Waals surface area contributed by atoms with E-state index in [0.29, 0.717) is 12.1 Å². The highest BCUT2D eigenvalue weighted by Crippen LogP contribution is 2.26. The molecule has 3 N–H and O–H groups in total. The second kappa shape index (κ2) is 6.11. The van der Waals surface area contributed by atoms with Crippen molar-refractivity contribution >= 4 is 23.4 Å². The van der Waals surface area contributed by atoms with E-state index in [1.165, 1.54) is 0 Å². The summed E-state index contributed by atoms with van der Waals surface area (Å²) >= 11 is 1.87. The molecule has 1 fully saturated rings. The minimum absolute atomic E-state index is 0.0594. The van der Waals surface area contributed by atoms with Crippen LogP contribution in [-0.2, 0) is 4.79 Å². The number of carbonyl (C=O) groups is 1. The van der Waals surface area contributed by atoms with Crippen molar-refractivity contribution in [2.75, 3.05) is 23.4 Å². The van der Waals surface area contributed by atoms with E-state index in [1.807, 2.05) is 30.8 Å². The van der Waals surface area contributed by atoms with Crippen LogP contribution in [0.3, 0.4) is 0 Å². The number of thioether (sulfide) groups is 1. The van der Waals surface area contributed by atoms with Gasteiger partial charge in [-0.15, -0.1) is 0 Å². The van der Waals surface area contributed by atoms with Crippen molar-refractivity contribution in [1.29, 1.82) is 0 Å². The molecular formula is C13H18N2O2S. The van der Waals surface area contributed by atoms with Gasteiger partial charge in [-0.3, -0.25) is 4.79 Å². The van der Waals surface area contributed by atoms with E-state index in [9.17, 15) is 9.90 Å². The van der Waals surface area contributed by atoms with Crippen molar-refractivity contribution < 1.29 is 9.90 Å². The molecule has 0 saturated carbocycles. The van der Waals surface area contributed by atoms with Crippen molar-refractivity contribution in [1.82, 2.24) is 5.32 Å². The number of carbonyl (C=O) groups excluding carboxylic acids is 1. The maximum absolute atomic E-state index is 11.9. The van der Waals surface area contributed by atoms with Crippen LogP contribution in [0.5, 0.6) is 5.75 Å². The molecule has 2 rings (SSSR count). The first-order valence-corrected chi connectivity index (χ1v) is 7.22. The number of benzene rings is 1. The number of phenolic OH excluding ortho intramolecular Hbond substituents is 1. The van der Waals surface area contributed by atoms with Gasteiger partial charge in [0.1, 0.15) is 5.75 Å². The van der Waals surface area contributed by atoms with Crippen LogP contribution in [0.4, 0.5) is 5.69 Å². The molecule has 0 aromatic heterocycles. The first-order chi connectivity index (χ1) is 8.66. The Hall–Kier alpha value is -1.20. The minimum Gasteiger partial charge on any atom is -0.505 e. The fourth-order valence-corrected chi connectivity index (χ4v) is 2.88. The van der Waals surface area contributed by atoms with Crippen LogP contribution in [0.1, 0.15) is 12.0 Å². The maximum Gasteiger partial charge on any atom is 0.226 e. The number of phenols is 1. The zero-order valence-corrected chi connectivity index (χ0v) is 11.2. The second-order valence-electron chi connectivity index (χ2n) is 4.45. The van der Waals surface area contributed by atoms with Crippen LogP contribution in [0, 0.1) is 6.92 Å². The van der Waals surface area contributed by atoms with Crippen molar-refractivity contribution in [2.45, 2.75) is 19.4 Å². The predicted molar refractivity (Wildman–Crippen MR) is 75.2 cm³/mol. The summed E-state index contributed by atoms with van der Waals surface area (Å²) in [7, 11) is 0. The molecule has 1 heterocycles. The van der Waals surface area contributed by atoms with Gasteiger partial charge in [0.2, 0.25) is 5.91 Å². The smallest absolute Gasteiger partial charge is 0.226 e. The Morgan fingerprint density at radius 1 is 1.61 bits per heavy atom. The summed E-state index contributed by atoms with van der Waals surface area (Å²) in [6, 6.07) is 5.57. The maximum atomic E-state index is 11.9. The van der Waals surface area contributed by atoms with Gasteiger partial charge >= 0.3 is 0 Å². The van der Waals surface area contributed by atoms with Crippen LogP contribution in [0.25, 0.3) is 0 Å². The van der Waals surface area contributed by atoms with Crippen LogP contribution in [-0.4, -0.2) is 35.1 Å². The normalized spacial score (nSPS) is 19.5. The lowest BCUT2D eigenvalue weighted by molar-refractivity contribution is -0.116. The van der Waals surface area contributed by atoms with E-state index in [-0.39, 0.29) is 17.7 Å². The van der Waals surface area contributed by atoms with Crippen LogP contribution >= 0.6 is 11.8 Å². The van der Waals surface area contributed by atoms with Gasteiger partial charge in [0.25, 0.3) is 0 Å². The molecule has 5 heteroatoms. The number of hydrogen-bond donors (Lipinski definition) is 3. The molecule has 98 valence electrons. The Morgan fingerprint density at radius 3 is 3.17 bits per heavy atom. The molecule has 1 aromatic rings. The van der Waals surface area contributed by atoms with Crippen LogP contribution in [0.15, 0.2) is 18.2 Å². The molecule has 0 spiro atoms. The summed E-state index contributed by atoms with van der Waals surface area (Å²) in [5.74, 6) is 2.16. The summed E-state index contributed by atoms with van der Waals surface area (Å²) in [4.78, 5) is 11.9. The van der Waals surface area contributed by atoms with Gasteiger partial charge in [0.15, 0.2) is 0 Å². The van der Waals surface area contributed by atoms with Gasteiger partial charge in [-0.25, -0.2) is 0 Å². The highest BCUT2D eigenvalue weighted by molar-refractivity contribution is 7.99. The third-order valence-corrected chi connectivity index (χ3v) is 4.07. The molecule has 1 aromatic carbocycles. The van der Waals surface area contributed by atoms with Crippen molar-refractivity contribution in [2.24, 2.45) is 0 Å². The monoisotopic (exact) mass is 266 g/mol. The van der Waals surface area contributed by atoms with Crippen molar-refractivity contribution in [3.8, 4) is 5.75 Å².